The van der Waals surface area contributed by atoms with Crippen LogP contribution in [0.4, 0.5) is 0 Å². The minimum absolute atomic E-state index is 0. The highest BCUT2D eigenvalue weighted by atomic mass is 16.2. The number of carbonyl (C=O) groups is 14. The average Bonchev–Trinajstić information content (AvgIpc) is 1.71. The summed E-state index contributed by atoms with van der Waals surface area (Å²) in [5.41, 5.74) is 28.1. The smallest absolute Gasteiger partial charge is 0.251 e. The monoisotopic (exact) mass is 1970 g/mol. The van der Waals surface area contributed by atoms with E-state index in [4.69, 9.17) is 70.9 Å². The summed E-state index contributed by atoms with van der Waals surface area (Å²) < 4.78 is 0. The van der Waals surface area contributed by atoms with E-state index >= 15 is 0 Å². The van der Waals surface area contributed by atoms with Crippen LogP contribution in [-0.2, 0) is 88.0 Å². The average molecular weight is 1970 g/mol. The number of guanidine groups is 2. The molecule has 0 bridgehead atoms. The molecule has 2 aromatic heterocycles. The van der Waals surface area contributed by atoms with Crippen LogP contribution in [0.25, 0.3) is 21.8 Å². The maximum Gasteiger partial charge on any atom is 0.251 e. The molecule has 11 rings (SSSR count). The third-order valence-corrected chi connectivity index (χ3v) is 18.2. The van der Waals surface area contributed by atoms with E-state index in [1.54, 1.807) is 38.4 Å². The highest BCUT2D eigenvalue weighted by Crippen LogP contribution is 2.27. The standard InChI is InChI=1S/C17H18N2O2.C15H22N2O2.2C10H11N.2C8H16.2C5H13N3.2C4H9N.10CH2O.14H3N/c1-18-17(21)15(12-13-8-4-2-5-9-13)19-16(20)14-10-6-3-7-11-14;1-11(2)9-14(18)17-13(15(19)16-3)10-12-7-5-4-6-8-12;2*1-2-8-7-11-10-6-4-3-5-9(8)10;2*1-2-8-6-4-3-5-7-8;2*1-2-3-4-8-5(6)7;2*1-2-4-5-3-1;10*1-2;;;;;;;;;;;;;;/h2-11,15H,12H2,1H3,(H,18,21)(H,19,20);4-8,11,13H,9-10H2,1-3H3,(H,16,19)(H,17,18);2*3-7,11H,2H2,1H3;2*8H,2-7H2,1H3;2*2-4H2,1H3,(H4,6,7,8);2*5H,1-4H2;10*1H2;14*1H3/t15-;13-;;;;;;;;;;;;;;;;;;;;;;;;;;;;;;;;/m00................................/s1. The lowest BCUT2D eigenvalue weighted by atomic mass is 9.88. The number of hydrogen-bond donors (Lipinski definition) is 26. The second-order valence-corrected chi connectivity index (χ2v) is 27.2. The van der Waals surface area contributed by atoms with Crippen LogP contribution in [0.3, 0.4) is 0 Å². The number of aliphatic imine (C=N–C) groups is 2. The number of carbonyl (C=O) groups excluding carboxylic acids is 14. The molecule has 4 fully saturated rings. The Morgan fingerprint density at radius 1 is 0.370 bits per heavy atom. The first-order chi connectivity index (χ1) is 60.5. The number of H-pyrrole nitrogens is 2. The molecule has 2 aliphatic heterocycles. The first kappa shape index (κ1) is 185. The zero-order chi connectivity index (χ0) is 96.2. The number of aryl methyl sites for hydroxylation is 2. The molecule has 42 nitrogen and oxygen atoms in total. The quantitative estimate of drug-likeness (QED) is 0.0180. The number of rotatable bonds is 21. The zero-order valence-electron chi connectivity index (χ0n) is 86.6. The van der Waals surface area contributed by atoms with Gasteiger partial charge in [-0.2, -0.15) is 0 Å². The van der Waals surface area contributed by atoms with Crippen LogP contribution in [0.15, 0.2) is 162 Å². The lowest BCUT2D eigenvalue weighted by Crippen LogP contribution is -2.47. The number of unbranched alkanes of at least 4 members (excludes halogenated alkanes) is 2. The molecule has 4 amide bonds. The fourth-order valence-corrected chi connectivity index (χ4v) is 11.9. The second-order valence-electron chi connectivity index (χ2n) is 27.2. The van der Waals surface area contributed by atoms with Crippen LogP contribution in [0.5, 0.6) is 0 Å². The molecule has 138 heavy (non-hydrogen) atoms. The predicted octanol–water partition coefficient (Wildman–Crippen LogP) is 16.0. The van der Waals surface area contributed by atoms with E-state index in [-0.39, 0.29) is 128 Å². The SMILES string of the molecule is C1CCNC1.C1CCNC1.C=O.C=O.C=O.C=O.C=O.C=O.C=O.C=O.C=O.C=O.CCC1CCCCC1.CCC1CCCCC1.CCCCN=C(N)N.CCCCN=C(N)N.CCc1c[nH]c2ccccc12.CCc1c[nH]c2ccccc12.CNC(=O)[C@H](Cc1ccccc1)NC(=O)CC(C)C.CNC(=O)[C@H](Cc1ccccc1)NC(=O)c1ccccc1.N.N.N.N.N.N.N.N.N.N.N.N.N.N. The number of hydrogen-bond acceptors (Lipinski definition) is 32. The Morgan fingerprint density at radius 3 is 0.870 bits per heavy atom. The van der Waals surface area contributed by atoms with Gasteiger partial charge in [0.2, 0.25) is 17.7 Å². The molecule has 0 radical (unpaired) electrons. The lowest BCUT2D eigenvalue weighted by molar-refractivity contribution is -0.129. The Morgan fingerprint density at radius 2 is 0.638 bits per heavy atom. The first-order valence-corrected chi connectivity index (χ1v) is 42.1. The molecule has 58 N–H and O–H groups in total. The summed E-state index contributed by atoms with van der Waals surface area (Å²) in [7, 11) is 3.14. The summed E-state index contributed by atoms with van der Waals surface area (Å²) in [5.74, 6) is 2.13. The van der Waals surface area contributed by atoms with Gasteiger partial charge in [-0.25, -0.2) is 0 Å². The third kappa shape index (κ3) is 107. The van der Waals surface area contributed by atoms with Crippen LogP contribution in [0.1, 0.15) is 223 Å². The number of amides is 4. The van der Waals surface area contributed by atoms with E-state index in [9.17, 15) is 19.2 Å². The summed E-state index contributed by atoms with van der Waals surface area (Å²) in [6.45, 7) is 43.7. The van der Waals surface area contributed by atoms with E-state index in [1.165, 1.54) is 162 Å². The molecule has 4 heterocycles. The van der Waals surface area contributed by atoms with Crippen molar-refractivity contribution in [1.82, 2.24) is 128 Å². The topological polar surface area (TPSA) is 962 Å². The largest absolute Gasteiger partial charge is 0.370 e. The molecule has 4 aliphatic rings. The molecule has 2 saturated heterocycles. The Bertz CT molecular complexity index is 3400. The molecule has 2 aliphatic carbocycles. The van der Waals surface area contributed by atoms with E-state index in [1.807, 2.05) is 148 Å². The number of aromatic nitrogens is 2. The van der Waals surface area contributed by atoms with Gasteiger partial charge in [0.25, 0.3) is 5.91 Å². The summed E-state index contributed by atoms with van der Waals surface area (Å²) in [6, 6.07) is 43.8. The number of fused-ring (bicyclic) bond motifs is 2. The zero-order valence-corrected chi connectivity index (χ0v) is 86.6. The first-order valence-electron chi connectivity index (χ1n) is 42.1. The Kier molecular flexibility index (Phi) is 198. The van der Waals surface area contributed by atoms with Gasteiger partial charge in [-0.05, 0) is 142 Å². The number of benzene rings is 5. The molecule has 0 spiro atoms. The summed E-state index contributed by atoms with van der Waals surface area (Å²) in [6.07, 6.45) is 35.6. The molecular formula is C96H200N28O14. The van der Waals surface area contributed by atoms with E-state index < -0.39 is 12.1 Å². The Balaban J connectivity index is -0.0000000502. The molecular weight excluding hydrogens is 1770 g/mol. The van der Waals surface area contributed by atoms with Gasteiger partial charge in [-0.15, -0.1) is 0 Å². The number of nitrogens with one attached hydrogen (secondary N) is 8. The van der Waals surface area contributed by atoms with Gasteiger partial charge >= 0.3 is 0 Å². The minimum atomic E-state index is -0.592. The van der Waals surface area contributed by atoms with Crippen molar-refractivity contribution in [2.75, 3.05) is 53.4 Å². The fraction of sp³-hybridized carbons (Fsp3) is 0.479. The van der Waals surface area contributed by atoms with Crippen molar-refractivity contribution in [3.63, 3.8) is 0 Å². The number of likely N-dealkylation sites (N-methyl/N-ethyl adjacent to an activating group) is 2. The van der Waals surface area contributed by atoms with Gasteiger partial charge in [0.1, 0.15) is 80.0 Å². The molecule has 5 aromatic carbocycles. The summed E-state index contributed by atoms with van der Waals surface area (Å²) in [5, 5.41) is 19.9. The van der Waals surface area contributed by atoms with Crippen molar-refractivity contribution < 1.29 is 67.1 Å². The van der Waals surface area contributed by atoms with Gasteiger partial charge in [-0.1, -0.05) is 261 Å². The fourth-order valence-electron chi connectivity index (χ4n) is 11.9. The van der Waals surface area contributed by atoms with E-state index in [2.05, 4.69) is 154 Å². The number of aromatic amines is 2. The Labute approximate surface area is 828 Å². The van der Waals surface area contributed by atoms with Crippen LogP contribution >= 0.6 is 0 Å². The van der Waals surface area contributed by atoms with Gasteiger partial charge in [-0.3, -0.25) is 29.2 Å². The van der Waals surface area contributed by atoms with Crippen LogP contribution in [0.2, 0.25) is 0 Å². The minimum Gasteiger partial charge on any atom is -0.370 e. The normalized spacial score (nSPS) is 10.9. The van der Waals surface area contributed by atoms with Crippen molar-refractivity contribution in [3.8, 4) is 0 Å². The molecule has 7 aromatic rings. The highest BCUT2D eigenvalue weighted by Gasteiger charge is 2.22. The lowest BCUT2D eigenvalue weighted by Gasteiger charge is -2.18. The van der Waals surface area contributed by atoms with Crippen molar-refractivity contribution in [2.24, 2.45) is 50.7 Å². The van der Waals surface area contributed by atoms with Crippen LogP contribution in [-0.4, -0.2) is 179 Å². The van der Waals surface area contributed by atoms with Crippen molar-refractivity contribution in [1.29, 1.82) is 0 Å². The van der Waals surface area contributed by atoms with Crippen molar-refractivity contribution in [2.45, 2.75) is 228 Å². The number of para-hydroxylation sites is 2. The molecule has 2 saturated carbocycles. The highest BCUT2D eigenvalue weighted by molar-refractivity contribution is 5.97. The summed E-state index contributed by atoms with van der Waals surface area (Å²) in [4.78, 5) is 142. The van der Waals surface area contributed by atoms with Crippen LogP contribution < -0.4 is 141 Å². The number of nitrogens with two attached hydrogens (primary N) is 4. The number of nitrogens with zero attached hydrogens (tertiary/aromatic N) is 2. The van der Waals surface area contributed by atoms with Gasteiger partial charge < -0.3 is 199 Å². The van der Waals surface area contributed by atoms with E-state index in [0.717, 1.165) is 74.6 Å². The van der Waals surface area contributed by atoms with Gasteiger partial charge in [0.15, 0.2) is 11.9 Å². The van der Waals surface area contributed by atoms with Gasteiger partial charge in [0, 0.05) is 86.2 Å². The molecule has 42 heteroatoms. The van der Waals surface area contributed by atoms with Crippen molar-refractivity contribution in [3.05, 3.63) is 180 Å². The van der Waals surface area contributed by atoms with Crippen molar-refractivity contribution >= 4 is 125 Å². The molecule has 808 valence electrons. The maximum absolute atomic E-state index is 12.2. The second kappa shape index (κ2) is 148. The third-order valence-electron chi connectivity index (χ3n) is 18.2. The molecule has 0 unspecified atom stereocenters. The molecule has 2 atom stereocenters. The van der Waals surface area contributed by atoms with Crippen LogP contribution in [0, 0.1) is 17.8 Å². The maximum atomic E-state index is 12.2. The van der Waals surface area contributed by atoms with E-state index in [0.29, 0.717) is 24.8 Å². The predicted molar refractivity (Wildman–Crippen MR) is 583 cm³/mol. The van der Waals surface area contributed by atoms with Gasteiger partial charge in [0.05, 0.1) is 0 Å². The summed E-state index contributed by atoms with van der Waals surface area (Å²) >= 11 is 0. The Hall–Kier alpha value is -12.3.